The molecule has 0 N–H and O–H groups in total. The smallest absolute Gasteiger partial charge is 0.269 e. The van der Waals surface area contributed by atoms with Crippen LogP contribution < -0.4 is 4.74 Å². The molecule has 0 unspecified atom stereocenters. The minimum absolute atomic E-state index is 0.00570. The van der Waals surface area contributed by atoms with Crippen LogP contribution in [0.25, 0.3) is 0 Å². The van der Waals surface area contributed by atoms with Gasteiger partial charge >= 0.3 is 0 Å². The van der Waals surface area contributed by atoms with Crippen molar-refractivity contribution in [2.75, 3.05) is 6.61 Å². The van der Waals surface area contributed by atoms with Crippen molar-refractivity contribution in [2.45, 2.75) is 33.4 Å². The Morgan fingerprint density at radius 3 is 2.33 bits per heavy atom. The molecule has 5 heteroatoms. The Hall–Kier alpha value is -1.65. The highest BCUT2D eigenvalue weighted by molar-refractivity contribution is 5.35. The summed E-state index contributed by atoms with van der Waals surface area (Å²) in [4.78, 5) is 9.95. The first-order valence-corrected chi connectivity index (χ1v) is 5.79. The van der Waals surface area contributed by atoms with E-state index in [1.165, 1.54) is 24.3 Å². The number of hydrogen-bond donors (Lipinski definition) is 0. The molecule has 1 aromatic rings. The summed E-state index contributed by atoms with van der Waals surface area (Å²) in [6.45, 7) is 5.86. The van der Waals surface area contributed by atoms with Gasteiger partial charge < -0.3 is 4.74 Å². The molecule has 0 spiro atoms. The summed E-state index contributed by atoms with van der Waals surface area (Å²) in [5, 5.41) is 10.4. The molecule has 0 fully saturated rings. The highest BCUT2D eigenvalue weighted by Crippen LogP contribution is 2.23. The number of non-ortho nitro benzene ring substituents is 1. The van der Waals surface area contributed by atoms with E-state index in [4.69, 9.17) is 4.74 Å². The Kier molecular flexibility index (Phi) is 4.64. The second-order valence-electron chi connectivity index (χ2n) is 5.42. The van der Waals surface area contributed by atoms with Gasteiger partial charge in [-0.15, -0.1) is 0 Å². The van der Waals surface area contributed by atoms with Crippen molar-refractivity contribution in [3.63, 3.8) is 0 Å². The number of rotatable bonds is 5. The van der Waals surface area contributed by atoms with Gasteiger partial charge in [0.05, 0.1) is 4.92 Å². The highest BCUT2D eigenvalue weighted by Gasteiger charge is 2.18. The third-order valence-electron chi connectivity index (χ3n) is 2.31. The second-order valence-corrected chi connectivity index (χ2v) is 5.42. The lowest BCUT2D eigenvalue weighted by Gasteiger charge is -2.20. The van der Waals surface area contributed by atoms with Gasteiger partial charge in [-0.05, 0) is 24.0 Å². The molecular formula is C13H18FNO3. The Balaban J connectivity index is 2.46. The highest BCUT2D eigenvalue weighted by atomic mass is 19.1. The minimum atomic E-state index is -1.04. The summed E-state index contributed by atoms with van der Waals surface area (Å²) < 4.78 is 18.8. The van der Waals surface area contributed by atoms with Gasteiger partial charge in [-0.25, -0.2) is 4.39 Å². The van der Waals surface area contributed by atoms with Crippen LogP contribution in [0.4, 0.5) is 10.1 Å². The number of nitro benzene ring substituents is 1. The maximum atomic E-state index is 13.6. The largest absolute Gasteiger partial charge is 0.491 e. The first kappa shape index (κ1) is 14.4. The van der Waals surface area contributed by atoms with Gasteiger partial charge in [0, 0.05) is 12.1 Å². The number of alkyl halides is 1. The quantitative estimate of drug-likeness (QED) is 0.594. The van der Waals surface area contributed by atoms with Crippen LogP contribution >= 0.6 is 0 Å². The predicted molar refractivity (Wildman–Crippen MR) is 67.6 cm³/mol. The normalized spacial score (nSPS) is 13.1. The number of nitrogens with zero attached hydrogens (tertiary/aromatic N) is 1. The van der Waals surface area contributed by atoms with Crippen LogP contribution in [0.1, 0.15) is 27.2 Å². The Bertz CT molecular complexity index is 398. The molecule has 0 aliphatic carbocycles. The monoisotopic (exact) mass is 255 g/mol. The van der Waals surface area contributed by atoms with Gasteiger partial charge in [0.2, 0.25) is 0 Å². The standard InChI is InChI=1S/C13H18FNO3/c1-13(2,3)8-10(14)9-18-12-6-4-11(5-7-12)15(16)17/h4-7,10H,8-9H2,1-3H3/t10-/m1/s1. The van der Waals surface area contributed by atoms with Crippen LogP contribution in [0.3, 0.4) is 0 Å². The SMILES string of the molecule is CC(C)(C)C[C@@H](F)COc1ccc([N+](=O)[O-])cc1. The first-order valence-electron chi connectivity index (χ1n) is 5.79. The molecule has 1 aromatic carbocycles. The summed E-state index contributed by atoms with van der Waals surface area (Å²) >= 11 is 0. The zero-order valence-corrected chi connectivity index (χ0v) is 10.9. The van der Waals surface area contributed by atoms with Crippen molar-refractivity contribution in [1.82, 2.24) is 0 Å². The van der Waals surface area contributed by atoms with E-state index in [1.807, 2.05) is 20.8 Å². The average molecular weight is 255 g/mol. The molecule has 1 atom stereocenters. The van der Waals surface area contributed by atoms with Gasteiger partial charge in [0.1, 0.15) is 18.5 Å². The van der Waals surface area contributed by atoms with Gasteiger partial charge in [-0.3, -0.25) is 10.1 Å². The number of ether oxygens (including phenoxy) is 1. The van der Waals surface area contributed by atoms with Crippen molar-refractivity contribution in [2.24, 2.45) is 5.41 Å². The van der Waals surface area contributed by atoms with Crippen LogP contribution in [0.5, 0.6) is 5.75 Å². The molecule has 4 nitrogen and oxygen atoms in total. The number of nitro groups is 1. The summed E-state index contributed by atoms with van der Waals surface area (Å²) in [7, 11) is 0. The minimum Gasteiger partial charge on any atom is -0.491 e. The van der Waals surface area contributed by atoms with Crippen LogP contribution in [0.15, 0.2) is 24.3 Å². The molecule has 0 radical (unpaired) electrons. The maximum absolute atomic E-state index is 13.6. The lowest BCUT2D eigenvalue weighted by molar-refractivity contribution is -0.384. The van der Waals surface area contributed by atoms with Crippen molar-refractivity contribution in [1.29, 1.82) is 0 Å². The molecule has 18 heavy (non-hydrogen) atoms. The molecule has 0 amide bonds. The summed E-state index contributed by atoms with van der Waals surface area (Å²) in [5.74, 6) is 0.442. The molecule has 100 valence electrons. The third kappa shape index (κ3) is 5.12. The van der Waals surface area contributed by atoms with E-state index < -0.39 is 11.1 Å². The molecule has 0 bridgehead atoms. The summed E-state index contributed by atoms with van der Waals surface area (Å²) in [6.07, 6.45) is -0.625. The van der Waals surface area contributed by atoms with E-state index in [0.717, 1.165) is 0 Å². The van der Waals surface area contributed by atoms with Crippen molar-refractivity contribution < 1.29 is 14.1 Å². The summed E-state index contributed by atoms with van der Waals surface area (Å²) in [6, 6.07) is 5.63. The van der Waals surface area contributed by atoms with E-state index in [1.54, 1.807) is 0 Å². The van der Waals surface area contributed by atoms with E-state index in [0.29, 0.717) is 12.2 Å². The van der Waals surface area contributed by atoms with Crippen LogP contribution in [0.2, 0.25) is 0 Å². The fourth-order valence-corrected chi connectivity index (χ4v) is 1.57. The Labute approximate surface area is 106 Å². The van der Waals surface area contributed by atoms with Gasteiger partial charge in [0.25, 0.3) is 5.69 Å². The van der Waals surface area contributed by atoms with Crippen molar-refractivity contribution in [3.05, 3.63) is 34.4 Å². The van der Waals surface area contributed by atoms with E-state index >= 15 is 0 Å². The van der Waals surface area contributed by atoms with Crippen molar-refractivity contribution >= 4 is 5.69 Å². The van der Waals surface area contributed by atoms with Gasteiger partial charge in [0.15, 0.2) is 0 Å². The molecular weight excluding hydrogens is 237 g/mol. The number of benzene rings is 1. The molecule has 0 aromatic heterocycles. The zero-order valence-electron chi connectivity index (χ0n) is 10.9. The molecule has 0 saturated carbocycles. The fourth-order valence-electron chi connectivity index (χ4n) is 1.57. The molecule has 1 rings (SSSR count). The van der Waals surface area contributed by atoms with E-state index in [9.17, 15) is 14.5 Å². The van der Waals surface area contributed by atoms with E-state index in [-0.39, 0.29) is 17.7 Å². The molecule has 0 heterocycles. The Morgan fingerprint density at radius 1 is 1.33 bits per heavy atom. The average Bonchev–Trinajstić information content (AvgIpc) is 2.24. The second kappa shape index (κ2) is 5.80. The lowest BCUT2D eigenvalue weighted by atomic mass is 9.90. The van der Waals surface area contributed by atoms with Gasteiger partial charge in [-0.1, -0.05) is 20.8 Å². The maximum Gasteiger partial charge on any atom is 0.269 e. The molecule has 0 saturated heterocycles. The zero-order chi connectivity index (χ0) is 13.8. The lowest BCUT2D eigenvalue weighted by Crippen LogP contribution is -2.20. The number of hydrogen-bond acceptors (Lipinski definition) is 3. The van der Waals surface area contributed by atoms with E-state index in [2.05, 4.69) is 0 Å². The van der Waals surface area contributed by atoms with Crippen LogP contribution in [-0.2, 0) is 0 Å². The predicted octanol–water partition coefficient (Wildman–Crippen LogP) is 3.75. The Morgan fingerprint density at radius 2 is 1.89 bits per heavy atom. The van der Waals surface area contributed by atoms with Crippen molar-refractivity contribution in [3.8, 4) is 5.75 Å². The molecule has 0 aliphatic rings. The fraction of sp³-hybridized carbons (Fsp3) is 0.538. The summed E-state index contributed by atoms with van der Waals surface area (Å²) in [5.41, 5.74) is -0.0908. The molecule has 0 aliphatic heterocycles. The number of halogens is 1. The third-order valence-corrected chi connectivity index (χ3v) is 2.31. The van der Waals surface area contributed by atoms with Gasteiger partial charge in [-0.2, -0.15) is 0 Å². The first-order chi connectivity index (χ1) is 8.28. The van der Waals surface area contributed by atoms with Crippen LogP contribution in [0, 0.1) is 15.5 Å². The van der Waals surface area contributed by atoms with Crippen LogP contribution in [-0.4, -0.2) is 17.7 Å². The topological polar surface area (TPSA) is 52.4 Å².